The van der Waals surface area contributed by atoms with Crippen molar-refractivity contribution in [1.29, 1.82) is 0 Å². The summed E-state index contributed by atoms with van der Waals surface area (Å²) < 4.78 is 14.7. The summed E-state index contributed by atoms with van der Waals surface area (Å²) in [4.78, 5) is 2.47. The fraction of sp³-hybridized carbons (Fsp3) is 0.750. The molecule has 0 saturated carbocycles. The van der Waals surface area contributed by atoms with Gasteiger partial charge in [0.2, 0.25) is 0 Å². The van der Waals surface area contributed by atoms with Crippen molar-refractivity contribution < 1.29 is 4.74 Å². The van der Waals surface area contributed by atoms with Gasteiger partial charge in [0.05, 0.1) is 18.3 Å². The minimum absolute atomic E-state index is 0. The van der Waals surface area contributed by atoms with Gasteiger partial charge in [-0.3, -0.25) is 4.90 Å². The highest BCUT2D eigenvalue weighted by molar-refractivity contribution is 6.99. The van der Waals surface area contributed by atoms with Crippen molar-refractivity contribution in [2.45, 2.75) is 45.4 Å². The van der Waals surface area contributed by atoms with Crippen molar-refractivity contribution in [3.8, 4) is 5.88 Å². The van der Waals surface area contributed by atoms with Gasteiger partial charge in [0, 0.05) is 29.6 Å². The molecule has 7 heteroatoms. The zero-order valence-electron chi connectivity index (χ0n) is 13.6. The molecular formula is C16H25Cl2N3OS. The lowest BCUT2D eigenvalue weighted by Gasteiger charge is -2.38. The highest BCUT2D eigenvalue weighted by atomic mass is 35.5. The van der Waals surface area contributed by atoms with E-state index in [0.717, 1.165) is 49.0 Å². The second kappa shape index (κ2) is 9.21. The Morgan fingerprint density at radius 1 is 1.30 bits per heavy atom. The number of unbranched alkanes of at least 4 members (excludes halogenated alkanes) is 3. The fourth-order valence-corrected chi connectivity index (χ4v) is 4.15. The van der Waals surface area contributed by atoms with Crippen molar-refractivity contribution in [1.82, 2.24) is 13.6 Å². The second-order valence-electron chi connectivity index (χ2n) is 6.23. The van der Waals surface area contributed by atoms with E-state index in [9.17, 15) is 0 Å². The number of rotatable bonds is 7. The van der Waals surface area contributed by atoms with Gasteiger partial charge in [-0.1, -0.05) is 37.8 Å². The Hall–Kier alpha value is -0.360. The second-order valence-corrected chi connectivity index (χ2v) is 7.16. The van der Waals surface area contributed by atoms with Crippen molar-refractivity contribution >= 4 is 41.3 Å². The van der Waals surface area contributed by atoms with Crippen LogP contribution in [0.3, 0.4) is 0 Å². The Kier molecular flexibility index (Phi) is 7.60. The summed E-state index contributed by atoms with van der Waals surface area (Å²) in [6.07, 6.45) is 7.21. The highest BCUT2D eigenvalue weighted by Crippen LogP contribution is 2.39. The van der Waals surface area contributed by atoms with Crippen molar-refractivity contribution in [3.05, 3.63) is 10.7 Å². The summed E-state index contributed by atoms with van der Waals surface area (Å²) in [7, 11) is 0. The maximum Gasteiger partial charge on any atom is 0.253 e. The molecule has 2 unspecified atom stereocenters. The molecule has 0 amide bonds. The van der Waals surface area contributed by atoms with Gasteiger partial charge in [-0.25, -0.2) is 0 Å². The minimum atomic E-state index is 0. The summed E-state index contributed by atoms with van der Waals surface area (Å²) in [6.45, 7) is 6.07. The van der Waals surface area contributed by atoms with Crippen LogP contribution in [0.2, 0.25) is 0 Å². The van der Waals surface area contributed by atoms with Gasteiger partial charge in [0.1, 0.15) is 5.69 Å². The van der Waals surface area contributed by atoms with Gasteiger partial charge in [-0.05, 0) is 25.8 Å². The minimum Gasteiger partial charge on any atom is -0.475 e. The number of hydrogen-bond acceptors (Lipinski definition) is 5. The molecule has 2 atom stereocenters. The van der Waals surface area contributed by atoms with Crippen LogP contribution in [0.1, 0.15) is 51.1 Å². The average molecular weight is 378 g/mol. The Morgan fingerprint density at radius 3 is 3.00 bits per heavy atom. The first kappa shape index (κ1) is 19.0. The first-order valence-corrected chi connectivity index (χ1v) is 9.47. The number of piperidine rings is 1. The van der Waals surface area contributed by atoms with Crippen LogP contribution in [0.5, 0.6) is 5.88 Å². The Labute approximate surface area is 154 Å². The van der Waals surface area contributed by atoms with Gasteiger partial charge >= 0.3 is 0 Å². The van der Waals surface area contributed by atoms with Gasteiger partial charge < -0.3 is 4.74 Å². The normalized spacial score (nSPS) is 23.6. The van der Waals surface area contributed by atoms with Crippen LogP contribution in [-0.2, 0) is 0 Å². The van der Waals surface area contributed by atoms with Crippen molar-refractivity contribution in [2.24, 2.45) is 5.92 Å². The molecule has 2 aliphatic rings. The van der Waals surface area contributed by atoms with E-state index in [0.29, 0.717) is 11.8 Å². The third-order valence-corrected chi connectivity index (χ3v) is 5.56. The molecule has 0 radical (unpaired) electrons. The third-order valence-electron chi connectivity index (χ3n) is 4.51. The van der Waals surface area contributed by atoms with Crippen LogP contribution in [-0.4, -0.2) is 39.9 Å². The summed E-state index contributed by atoms with van der Waals surface area (Å²) in [5.41, 5.74) is 2.01. The SMILES string of the molecule is CCCCCCOc1nsnc1C1=C(Cl)C2CCCN(C1)C2.Cl. The molecule has 3 heterocycles. The van der Waals surface area contributed by atoms with E-state index in [1.807, 2.05) is 0 Å². The molecule has 1 aromatic rings. The van der Waals surface area contributed by atoms with E-state index in [1.165, 1.54) is 43.8 Å². The van der Waals surface area contributed by atoms with Gasteiger partial charge in [0.25, 0.3) is 5.88 Å². The van der Waals surface area contributed by atoms with E-state index in [4.69, 9.17) is 16.3 Å². The molecule has 0 spiro atoms. The Bertz CT molecular complexity index is 535. The van der Waals surface area contributed by atoms with Crippen LogP contribution in [0, 0.1) is 5.92 Å². The van der Waals surface area contributed by atoms with E-state index < -0.39 is 0 Å². The molecule has 1 saturated heterocycles. The number of nitrogens with zero attached hydrogens (tertiary/aromatic N) is 3. The van der Waals surface area contributed by atoms with Gasteiger partial charge in [-0.2, -0.15) is 4.37 Å². The molecule has 4 nitrogen and oxygen atoms in total. The predicted molar refractivity (Wildman–Crippen MR) is 98.7 cm³/mol. The molecule has 0 aromatic carbocycles. The number of aromatic nitrogens is 2. The van der Waals surface area contributed by atoms with Crippen LogP contribution in [0.25, 0.3) is 5.57 Å². The third kappa shape index (κ3) is 4.59. The van der Waals surface area contributed by atoms with Crippen LogP contribution >= 0.6 is 35.7 Å². The predicted octanol–water partition coefficient (Wildman–Crippen LogP) is 4.59. The molecule has 1 aromatic heterocycles. The molecular weight excluding hydrogens is 353 g/mol. The zero-order valence-corrected chi connectivity index (χ0v) is 16.0. The van der Waals surface area contributed by atoms with Gasteiger partial charge in [0.15, 0.2) is 0 Å². The summed E-state index contributed by atoms with van der Waals surface area (Å²) >= 11 is 7.87. The lowest BCUT2D eigenvalue weighted by molar-refractivity contribution is 0.204. The molecule has 0 N–H and O–H groups in total. The fourth-order valence-electron chi connectivity index (χ4n) is 3.30. The van der Waals surface area contributed by atoms with E-state index >= 15 is 0 Å². The van der Waals surface area contributed by atoms with E-state index in [-0.39, 0.29) is 12.4 Å². The van der Waals surface area contributed by atoms with Crippen LogP contribution < -0.4 is 4.74 Å². The molecule has 3 rings (SSSR count). The van der Waals surface area contributed by atoms with Crippen molar-refractivity contribution in [2.75, 3.05) is 26.2 Å². The molecule has 0 aliphatic carbocycles. The van der Waals surface area contributed by atoms with Crippen LogP contribution in [0.15, 0.2) is 5.03 Å². The number of fused-ring (bicyclic) bond motifs is 2. The van der Waals surface area contributed by atoms with Gasteiger partial charge in [-0.15, -0.1) is 16.8 Å². The molecule has 130 valence electrons. The summed E-state index contributed by atoms with van der Waals surface area (Å²) in [6, 6.07) is 0. The average Bonchev–Trinajstić information content (AvgIpc) is 2.99. The first-order chi connectivity index (χ1) is 10.8. The molecule has 2 aliphatic heterocycles. The number of ether oxygens (including phenoxy) is 1. The Morgan fingerprint density at radius 2 is 2.17 bits per heavy atom. The quantitative estimate of drug-likeness (QED) is 0.651. The summed E-state index contributed by atoms with van der Waals surface area (Å²) in [5.74, 6) is 1.15. The molecule has 1 fully saturated rings. The molecule has 23 heavy (non-hydrogen) atoms. The lowest BCUT2D eigenvalue weighted by Crippen LogP contribution is -2.40. The summed E-state index contributed by atoms with van der Waals surface area (Å²) in [5, 5.41) is 0.986. The Balaban J connectivity index is 0.00000192. The maximum atomic E-state index is 6.65. The van der Waals surface area contributed by atoms with E-state index in [2.05, 4.69) is 20.6 Å². The largest absolute Gasteiger partial charge is 0.475 e. The maximum absolute atomic E-state index is 6.65. The monoisotopic (exact) mass is 377 g/mol. The molecule has 2 bridgehead atoms. The number of halogens is 2. The standard InChI is InChI=1S/C16H24ClN3OS.ClH/c1-2-3-4-5-9-21-16-15(18-22-19-16)13-11-20-8-6-7-12(10-20)14(13)17;/h12H,2-11H2,1H3;1H. The highest BCUT2D eigenvalue weighted by Gasteiger charge is 2.32. The number of hydrogen-bond donors (Lipinski definition) is 0. The lowest BCUT2D eigenvalue weighted by atomic mass is 9.90. The first-order valence-electron chi connectivity index (χ1n) is 8.36. The topological polar surface area (TPSA) is 38.3 Å². The zero-order chi connectivity index (χ0) is 15.4. The smallest absolute Gasteiger partial charge is 0.253 e. The van der Waals surface area contributed by atoms with E-state index in [1.54, 1.807) is 0 Å². The van der Waals surface area contributed by atoms with Crippen molar-refractivity contribution in [3.63, 3.8) is 0 Å². The van der Waals surface area contributed by atoms with Crippen LogP contribution in [0.4, 0.5) is 0 Å².